The van der Waals surface area contributed by atoms with Gasteiger partial charge in [0.15, 0.2) is 0 Å². The van der Waals surface area contributed by atoms with Gasteiger partial charge in [-0.2, -0.15) is 0 Å². The molecule has 2 N–H and O–H groups in total. The van der Waals surface area contributed by atoms with Crippen LogP contribution in [0.15, 0.2) is 0 Å². The van der Waals surface area contributed by atoms with Crippen molar-refractivity contribution in [2.45, 2.75) is 52.4 Å². The molecule has 108 valence electrons. The number of anilines is 1. The van der Waals surface area contributed by atoms with E-state index in [1.165, 1.54) is 0 Å². The van der Waals surface area contributed by atoms with Crippen LogP contribution in [0.2, 0.25) is 5.15 Å². The largest absolute Gasteiger partial charge is 0.396 e. The minimum absolute atomic E-state index is 0.286. The van der Waals surface area contributed by atoms with E-state index >= 15 is 0 Å². The molecule has 0 aromatic carbocycles. The summed E-state index contributed by atoms with van der Waals surface area (Å²) >= 11 is 6.12. The molecule has 5 heteroatoms. The maximum Gasteiger partial charge on any atom is 0.137 e. The lowest BCUT2D eigenvalue weighted by Gasteiger charge is -2.11. The van der Waals surface area contributed by atoms with Gasteiger partial charge in [0.05, 0.1) is 0 Å². The van der Waals surface area contributed by atoms with E-state index < -0.39 is 0 Å². The van der Waals surface area contributed by atoms with Crippen LogP contribution >= 0.6 is 11.6 Å². The molecule has 0 amide bonds. The Morgan fingerprint density at radius 3 is 2.58 bits per heavy atom. The van der Waals surface area contributed by atoms with Crippen molar-refractivity contribution < 1.29 is 5.11 Å². The Kier molecular flexibility index (Phi) is 7.75. The third-order valence-electron chi connectivity index (χ3n) is 2.98. The molecular weight excluding hydrogens is 262 g/mol. The molecule has 0 bridgehead atoms. The highest BCUT2D eigenvalue weighted by atomic mass is 35.5. The number of nitrogens with zero attached hydrogens (tertiary/aromatic N) is 2. The maximum atomic E-state index is 8.70. The second kappa shape index (κ2) is 9.10. The fourth-order valence-corrected chi connectivity index (χ4v) is 2.02. The van der Waals surface area contributed by atoms with Gasteiger partial charge in [0.2, 0.25) is 0 Å². The van der Waals surface area contributed by atoms with E-state index in [0.717, 1.165) is 62.3 Å². The Morgan fingerprint density at radius 1 is 1.16 bits per heavy atom. The Hall–Kier alpha value is -0.870. The standard InChI is InChI=1S/C14H24ClN3O/c1-3-8-12-17-13(15)11(2)14(18-12)16-9-6-4-5-7-10-19/h19H,3-10H2,1-2H3,(H,16,17,18). The van der Waals surface area contributed by atoms with Gasteiger partial charge in [-0.15, -0.1) is 0 Å². The predicted octanol–water partition coefficient (Wildman–Crippen LogP) is 3.36. The lowest BCUT2D eigenvalue weighted by molar-refractivity contribution is 0.283. The number of hydrogen-bond donors (Lipinski definition) is 2. The number of halogens is 1. The summed E-state index contributed by atoms with van der Waals surface area (Å²) in [6.45, 7) is 5.21. The molecule has 4 nitrogen and oxygen atoms in total. The molecule has 0 spiro atoms. The van der Waals surface area contributed by atoms with Crippen LogP contribution in [0.25, 0.3) is 0 Å². The summed E-state index contributed by atoms with van der Waals surface area (Å²) < 4.78 is 0. The van der Waals surface area contributed by atoms with Gasteiger partial charge in [0, 0.05) is 25.1 Å². The van der Waals surface area contributed by atoms with Gasteiger partial charge < -0.3 is 10.4 Å². The first-order valence-electron chi connectivity index (χ1n) is 7.06. The van der Waals surface area contributed by atoms with E-state index in [0.29, 0.717) is 5.15 Å². The SMILES string of the molecule is CCCc1nc(Cl)c(C)c(NCCCCCCO)n1. The van der Waals surface area contributed by atoms with Gasteiger partial charge in [0.1, 0.15) is 16.8 Å². The Bertz CT molecular complexity index is 385. The molecule has 0 radical (unpaired) electrons. The summed E-state index contributed by atoms with van der Waals surface area (Å²) in [6.07, 6.45) is 6.02. The highest BCUT2D eigenvalue weighted by molar-refractivity contribution is 6.30. The first-order valence-corrected chi connectivity index (χ1v) is 7.44. The second-order valence-electron chi connectivity index (χ2n) is 4.72. The number of aromatic nitrogens is 2. The molecule has 0 aliphatic heterocycles. The molecule has 0 atom stereocenters. The summed E-state index contributed by atoms with van der Waals surface area (Å²) in [4.78, 5) is 8.79. The molecule has 1 rings (SSSR count). The predicted molar refractivity (Wildman–Crippen MR) is 79.8 cm³/mol. The number of hydrogen-bond acceptors (Lipinski definition) is 4. The number of aliphatic hydroxyl groups is 1. The summed E-state index contributed by atoms with van der Waals surface area (Å²) in [5, 5.41) is 12.6. The van der Waals surface area contributed by atoms with Gasteiger partial charge in [-0.3, -0.25) is 0 Å². The Labute approximate surface area is 120 Å². The summed E-state index contributed by atoms with van der Waals surface area (Å²) in [5.41, 5.74) is 0.914. The van der Waals surface area contributed by atoms with Crippen molar-refractivity contribution in [1.82, 2.24) is 9.97 Å². The topological polar surface area (TPSA) is 58.0 Å². The van der Waals surface area contributed by atoms with Crippen molar-refractivity contribution in [1.29, 1.82) is 0 Å². The van der Waals surface area contributed by atoms with Crippen LogP contribution in [-0.4, -0.2) is 28.2 Å². The van der Waals surface area contributed by atoms with E-state index in [2.05, 4.69) is 22.2 Å². The number of nitrogens with one attached hydrogen (secondary N) is 1. The molecule has 1 aromatic rings. The van der Waals surface area contributed by atoms with Crippen LogP contribution in [0, 0.1) is 6.92 Å². The lowest BCUT2D eigenvalue weighted by atomic mass is 10.2. The summed E-state index contributed by atoms with van der Waals surface area (Å²) in [5.74, 6) is 1.66. The smallest absolute Gasteiger partial charge is 0.137 e. The number of aryl methyl sites for hydroxylation is 1. The normalized spacial score (nSPS) is 10.7. The number of unbranched alkanes of at least 4 members (excludes halogenated alkanes) is 3. The third-order valence-corrected chi connectivity index (χ3v) is 3.35. The van der Waals surface area contributed by atoms with Crippen LogP contribution in [0.4, 0.5) is 5.82 Å². The van der Waals surface area contributed by atoms with Gasteiger partial charge in [-0.25, -0.2) is 9.97 Å². The molecule has 1 heterocycles. The monoisotopic (exact) mass is 285 g/mol. The molecule has 0 aliphatic rings. The van der Waals surface area contributed by atoms with Crippen molar-refractivity contribution in [3.05, 3.63) is 16.5 Å². The van der Waals surface area contributed by atoms with Crippen LogP contribution in [0.1, 0.15) is 50.4 Å². The average molecular weight is 286 g/mol. The molecule has 0 unspecified atom stereocenters. The molecule has 0 fully saturated rings. The van der Waals surface area contributed by atoms with Crippen LogP contribution < -0.4 is 5.32 Å². The number of rotatable bonds is 9. The Morgan fingerprint density at radius 2 is 1.89 bits per heavy atom. The van der Waals surface area contributed by atoms with E-state index in [9.17, 15) is 0 Å². The fraction of sp³-hybridized carbons (Fsp3) is 0.714. The summed E-state index contributed by atoms with van der Waals surface area (Å²) in [7, 11) is 0. The zero-order valence-electron chi connectivity index (χ0n) is 11.9. The van der Waals surface area contributed by atoms with Crippen molar-refractivity contribution >= 4 is 17.4 Å². The van der Waals surface area contributed by atoms with Crippen molar-refractivity contribution in [2.75, 3.05) is 18.5 Å². The highest BCUT2D eigenvalue weighted by Crippen LogP contribution is 2.20. The zero-order chi connectivity index (χ0) is 14.1. The van der Waals surface area contributed by atoms with Crippen LogP contribution in [0.3, 0.4) is 0 Å². The molecule has 1 aromatic heterocycles. The van der Waals surface area contributed by atoms with E-state index in [1.807, 2.05) is 6.92 Å². The van der Waals surface area contributed by atoms with E-state index in [4.69, 9.17) is 16.7 Å². The third kappa shape index (κ3) is 5.74. The van der Waals surface area contributed by atoms with Gasteiger partial charge >= 0.3 is 0 Å². The molecule has 0 saturated carbocycles. The van der Waals surface area contributed by atoms with Gasteiger partial charge in [0.25, 0.3) is 0 Å². The molecular formula is C14H24ClN3O. The Balaban J connectivity index is 2.47. The van der Waals surface area contributed by atoms with Gasteiger partial charge in [-0.1, -0.05) is 31.4 Å². The summed E-state index contributed by atoms with van der Waals surface area (Å²) in [6, 6.07) is 0. The molecule has 19 heavy (non-hydrogen) atoms. The molecule has 0 saturated heterocycles. The molecule has 0 aliphatic carbocycles. The first kappa shape index (κ1) is 16.2. The quantitative estimate of drug-likeness (QED) is 0.540. The number of aliphatic hydroxyl groups excluding tert-OH is 1. The minimum atomic E-state index is 0.286. The first-order chi connectivity index (χ1) is 9.19. The van der Waals surface area contributed by atoms with Crippen molar-refractivity contribution in [3.8, 4) is 0 Å². The fourth-order valence-electron chi connectivity index (χ4n) is 1.84. The van der Waals surface area contributed by atoms with Crippen molar-refractivity contribution in [3.63, 3.8) is 0 Å². The van der Waals surface area contributed by atoms with E-state index in [-0.39, 0.29) is 6.61 Å². The maximum absolute atomic E-state index is 8.70. The second-order valence-corrected chi connectivity index (χ2v) is 5.08. The zero-order valence-corrected chi connectivity index (χ0v) is 12.6. The minimum Gasteiger partial charge on any atom is -0.396 e. The average Bonchev–Trinajstić information content (AvgIpc) is 2.39. The van der Waals surface area contributed by atoms with E-state index in [1.54, 1.807) is 0 Å². The van der Waals surface area contributed by atoms with Crippen molar-refractivity contribution in [2.24, 2.45) is 0 Å². The van der Waals surface area contributed by atoms with Crippen LogP contribution in [0.5, 0.6) is 0 Å². The highest BCUT2D eigenvalue weighted by Gasteiger charge is 2.08. The lowest BCUT2D eigenvalue weighted by Crippen LogP contribution is -2.08. The van der Waals surface area contributed by atoms with Crippen LogP contribution in [-0.2, 0) is 6.42 Å². The van der Waals surface area contributed by atoms with Gasteiger partial charge in [-0.05, 0) is 26.2 Å².